The van der Waals surface area contributed by atoms with Gasteiger partial charge in [-0.2, -0.15) is 0 Å². The van der Waals surface area contributed by atoms with E-state index in [0.29, 0.717) is 18.1 Å². The lowest BCUT2D eigenvalue weighted by Crippen LogP contribution is -2.48. The predicted molar refractivity (Wildman–Crippen MR) is 124 cm³/mol. The third-order valence-electron chi connectivity index (χ3n) is 5.55. The molecule has 31 heavy (non-hydrogen) atoms. The second-order valence-electron chi connectivity index (χ2n) is 7.71. The van der Waals surface area contributed by atoms with E-state index in [-0.39, 0.29) is 18.2 Å². The number of hydrazine groups is 1. The number of ether oxygens (including phenoxy) is 1. The van der Waals surface area contributed by atoms with Gasteiger partial charge in [0.2, 0.25) is 5.91 Å². The van der Waals surface area contributed by atoms with Gasteiger partial charge >= 0.3 is 0 Å². The number of hydrogen-bond donors (Lipinski definition) is 2. The molecule has 5 heteroatoms. The summed E-state index contributed by atoms with van der Waals surface area (Å²) in [4.78, 5) is 25.1. The molecule has 0 fully saturated rings. The molecule has 0 aliphatic heterocycles. The number of fused-ring (bicyclic) bond motifs is 1. The van der Waals surface area contributed by atoms with Crippen LogP contribution in [-0.4, -0.2) is 17.9 Å². The molecule has 3 aromatic carbocycles. The lowest BCUT2D eigenvalue weighted by atomic mass is 9.98. The van der Waals surface area contributed by atoms with E-state index >= 15 is 0 Å². The van der Waals surface area contributed by atoms with Gasteiger partial charge in [-0.1, -0.05) is 81.4 Å². The van der Waals surface area contributed by atoms with Crippen molar-refractivity contribution in [3.63, 3.8) is 0 Å². The van der Waals surface area contributed by atoms with Crippen LogP contribution in [0.15, 0.2) is 66.7 Å². The number of para-hydroxylation sites is 1. The van der Waals surface area contributed by atoms with Gasteiger partial charge < -0.3 is 4.74 Å². The molecule has 0 aliphatic rings. The number of benzene rings is 3. The molecular weight excluding hydrogens is 388 g/mol. The molecule has 0 saturated carbocycles. The molecule has 2 unspecified atom stereocenters. The van der Waals surface area contributed by atoms with E-state index in [4.69, 9.17) is 4.74 Å². The Morgan fingerprint density at radius 1 is 0.871 bits per heavy atom. The van der Waals surface area contributed by atoms with Gasteiger partial charge in [-0.15, -0.1) is 0 Å². The van der Waals surface area contributed by atoms with E-state index in [2.05, 4.69) is 24.7 Å². The van der Waals surface area contributed by atoms with Crippen LogP contribution in [0, 0.1) is 0 Å². The van der Waals surface area contributed by atoms with E-state index < -0.39 is 6.10 Å². The molecule has 0 spiro atoms. The van der Waals surface area contributed by atoms with Gasteiger partial charge in [-0.05, 0) is 46.7 Å². The Bertz CT molecular complexity index is 1040. The summed E-state index contributed by atoms with van der Waals surface area (Å²) in [5, 5.41) is 2.11. The maximum atomic E-state index is 12.6. The molecular formula is C26H30N2O3. The van der Waals surface area contributed by atoms with Crippen LogP contribution >= 0.6 is 0 Å². The molecule has 0 radical (unpaired) electrons. The van der Waals surface area contributed by atoms with Crippen LogP contribution in [0.1, 0.15) is 50.7 Å². The quantitative estimate of drug-likeness (QED) is 0.511. The van der Waals surface area contributed by atoms with Crippen molar-refractivity contribution >= 4 is 22.6 Å². The molecule has 2 N–H and O–H groups in total. The van der Waals surface area contributed by atoms with Crippen LogP contribution < -0.4 is 15.6 Å². The van der Waals surface area contributed by atoms with Crippen molar-refractivity contribution in [1.29, 1.82) is 0 Å². The van der Waals surface area contributed by atoms with Gasteiger partial charge in [-0.25, -0.2) is 0 Å². The molecule has 162 valence electrons. The number of nitrogens with one attached hydrogen (secondary N) is 2. The molecule has 3 rings (SSSR count). The first-order chi connectivity index (χ1) is 15.0. The molecule has 2 atom stereocenters. The molecule has 0 aromatic heterocycles. The van der Waals surface area contributed by atoms with Crippen LogP contribution in [0.25, 0.3) is 10.8 Å². The fourth-order valence-electron chi connectivity index (χ4n) is 3.57. The summed E-state index contributed by atoms with van der Waals surface area (Å²) in [5.41, 5.74) is 7.04. The van der Waals surface area contributed by atoms with E-state index in [1.807, 2.05) is 73.7 Å². The average Bonchev–Trinajstić information content (AvgIpc) is 2.81. The van der Waals surface area contributed by atoms with Crippen molar-refractivity contribution in [1.82, 2.24) is 10.9 Å². The summed E-state index contributed by atoms with van der Waals surface area (Å²) in [7, 11) is 0. The Morgan fingerprint density at radius 2 is 1.58 bits per heavy atom. The van der Waals surface area contributed by atoms with Crippen molar-refractivity contribution in [3.8, 4) is 5.75 Å². The highest BCUT2D eigenvalue weighted by molar-refractivity contribution is 5.91. The molecule has 0 bridgehead atoms. The standard InChI is InChI=1S/C26H30N2O3/c1-4-18(3)21-14-8-9-16-24(21)31-23(5-2)26(30)28-27-25(29)17-20-13-10-12-19-11-6-7-15-22(19)20/h6-16,18,23H,4-5,17H2,1-3H3,(H,27,29)(H,28,30). The first kappa shape index (κ1) is 22.3. The van der Waals surface area contributed by atoms with Gasteiger partial charge in [0.1, 0.15) is 5.75 Å². The Hall–Kier alpha value is -3.34. The van der Waals surface area contributed by atoms with E-state index in [0.717, 1.165) is 28.3 Å². The number of carbonyl (C=O) groups excluding carboxylic acids is 2. The fourth-order valence-corrected chi connectivity index (χ4v) is 3.57. The zero-order valence-electron chi connectivity index (χ0n) is 18.4. The minimum absolute atomic E-state index is 0.177. The molecule has 0 saturated heterocycles. The zero-order valence-corrected chi connectivity index (χ0v) is 18.4. The maximum absolute atomic E-state index is 12.6. The Labute approximate surface area is 183 Å². The molecule has 2 amide bonds. The van der Waals surface area contributed by atoms with E-state index in [1.54, 1.807) is 0 Å². The second-order valence-corrected chi connectivity index (χ2v) is 7.71. The smallest absolute Gasteiger partial charge is 0.279 e. The minimum Gasteiger partial charge on any atom is -0.480 e. The summed E-state index contributed by atoms with van der Waals surface area (Å²) in [6, 6.07) is 21.6. The van der Waals surface area contributed by atoms with Crippen molar-refractivity contribution < 1.29 is 14.3 Å². The average molecular weight is 419 g/mol. The highest BCUT2D eigenvalue weighted by Crippen LogP contribution is 2.29. The van der Waals surface area contributed by atoms with Crippen LogP contribution in [0.5, 0.6) is 5.75 Å². The Morgan fingerprint density at radius 3 is 2.35 bits per heavy atom. The zero-order chi connectivity index (χ0) is 22.2. The van der Waals surface area contributed by atoms with Crippen molar-refractivity contribution in [2.24, 2.45) is 0 Å². The van der Waals surface area contributed by atoms with Crippen LogP contribution in [0.3, 0.4) is 0 Å². The molecule has 0 heterocycles. The van der Waals surface area contributed by atoms with Crippen LogP contribution in [-0.2, 0) is 16.0 Å². The van der Waals surface area contributed by atoms with Crippen LogP contribution in [0.2, 0.25) is 0 Å². The molecule has 3 aromatic rings. The predicted octanol–water partition coefficient (Wildman–Crippen LogP) is 4.90. The number of rotatable bonds is 8. The van der Waals surface area contributed by atoms with E-state index in [1.165, 1.54) is 0 Å². The van der Waals surface area contributed by atoms with Gasteiger partial charge in [0.05, 0.1) is 6.42 Å². The number of amides is 2. The lowest BCUT2D eigenvalue weighted by Gasteiger charge is -2.21. The summed E-state index contributed by atoms with van der Waals surface area (Å²) in [6.45, 7) is 6.14. The third kappa shape index (κ3) is 5.63. The normalized spacial score (nSPS) is 12.7. The summed E-state index contributed by atoms with van der Waals surface area (Å²) < 4.78 is 6.02. The molecule has 5 nitrogen and oxygen atoms in total. The second kappa shape index (κ2) is 10.6. The first-order valence-electron chi connectivity index (χ1n) is 10.8. The highest BCUT2D eigenvalue weighted by Gasteiger charge is 2.21. The number of carbonyl (C=O) groups is 2. The van der Waals surface area contributed by atoms with Crippen molar-refractivity contribution in [3.05, 3.63) is 77.9 Å². The first-order valence-corrected chi connectivity index (χ1v) is 10.8. The van der Waals surface area contributed by atoms with Gasteiger partial charge in [-0.3, -0.25) is 20.4 Å². The Balaban J connectivity index is 1.61. The minimum atomic E-state index is -0.692. The third-order valence-corrected chi connectivity index (χ3v) is 5.55. The monoisotopic (exact) mass is 418 g/mol. The van der Waals surface area contributed by atoms with Crippen molar-refractivity contribution in [2.45, 2.75) is 52.1 Å². The summed E-state index contributed by atoms with van der Waals surface area (Å²) >= 11 is 0. The van der Waals surface area contributed by atoms with E-state index in [9.17, 15) is 9.59 Å². The van der Waals surface area contributed by atoms with Gasteiger partial charge in [0, 0.05) is 0 Å². The lowest BCUT2D eigenvalue weighted by molar-refractivity contribution is -0.133. The SMILES string of the molecule is CCC(Oc1ccccc1C(C)CC)C(=O)NNC(=O)Cc1cccc2ccccc12. The van der Waals surface area contributed by atoms with Crippen molar-refractivity contribution in [2.75, 3.05) is 0 Å². The largest absolute Gasteiger partial charge is 0.480 e. The Kier molecular flexibility index (Phi) is 7.65. The molecule has 0 aliphatic carbocycles. The topological polar surface area (TPSA) is 67.4 Å². The highest BCUT2D eigenvalue weighted by atomic mass is 16.5. The maximum Gasteiger partial charge on any atom is 0.279 e. The summed E-state index contributed by atoms with van der Waals surface area (Å²) in [5.74, 6) is 0.394. The van der Waals surface area contributed by atoms with Crippen LogP contribution in [0.4, 0.5) is 0 Å². The van der Waals surface area contributed by atoms with Gasteiger partial charge in [0.25, 0.3) is 5.91 Å². The van der Waals surface area contributed by atoms with Gasteiger partial charge in [0.15, 0.2) is 6.10 Å². The number of hydrogen-bond acceptors (Lipinski definition) is 3. The summed E-state index contributed by atoms with van der Waals surface area (Å²) in [6.07, 6.45) is 0.951. The fraction of sp³-hybridized carbons (Fsp3) is 0.308.